The number of benzene rings is 2. The molecule has 2 nitrogen and oxygen atoms in total. The average Bonchev–Trinajstić information content (AvgIpc) is 3.25. The summed E-state index contributed by atoms with van der Waals surface area (Å²) in [6.45, 7) is 4.56. The molecule has 3 aromatic rings. The molecule has 0 radical (unpaired) electrons. The van der Waals surface area contributed by atoms with Crippen molar-refractivity contribution in [1.29, 1.82) is 0 Å². The van der Waals surface area contributed by atoms with E-state index in [9.17, 15) is 4.39 Å². The lowest BCUT2D eigenvalue weighted by Crippen LogP contribution is -2.37. The first-order chi connectivity index (χ1) is 12.7. The summed E-state index contributed by atoms with van der Waals surface area (Å²) in [7, 11) is 0. The number of piperidine rings is 1. The molecule has 2 aliphatic heterocycles. The van der Waals surface area contributed by atoms with Gasteiger partial charge in [-0.25, -0.2) is 4.39 Å². The minimum absolute atomic E-state index is 0.140. The van der Waals surface area contributed by atoms with Crippen LogP contribution in [-0.4, -0.2) is 28.6 Å². The standard InChI is InChI=1S/C23H25FN2/c1-16-4-2-5-20(12-16)26-15-22(21-14-18(24)7-8-23(21)26)17-9-11-25-10-3-6-19(25)13-17/h2,4-5,7-8,12,14-15,17,19H,3,6,9-11,13H2,1H3. The van der Waals surface area contributed by atoms with Crippen LogP contribution in [-0.2, 0) is 0 Å². The molecule has 5 rings (SSSR count). The Balaban J connectivity index is 1.62. The lowest BCUT2D eigenvalue weighted by molar-refractivity contribution is 0.181. The smallest absolute Gasteiger partial charge is 0.123 e. The van der Waals surface area contributed by atoms with Crippen LogP contribution in [0, 0.1) is 12.7 Å². The summed E-state index contributed by atoms with van der Waals surface area (Å²) < 4.78 is 16.3. The predicted octanol–water partition coefficient (Wildman–Crippen LogP) is 5.42. The van der Waals surface area contributed by atoms with E-state index in [0.29, 0.717) is 5.92 Å². The Labute approximate surface area is 154 Å². The molecule has 134 valence electrons. The molecule has 3 heteroatoms. The molecule has 0 amide bonds. The SMILES string of the molecule is Cc1cccc(-n2cc(C3CCN4CCCC4C3)c3cc(F)ccc32)c1. The van der Waals surface area contributed by atoms with Crippen LogP contribution in [0.4, 0.5) is 4.39 Å². The Morgan fingerprint density at radius 1 is 1.04 bits per heavy atom. The Hall–Kier alpha value is -2.13. The maximum atomic E-state index is 14.1. The molecule has 0 N–H and O–H groups in total. The molecule has 1 aromatic heterocycles. The van der Waals surface area contributed by atoms with Gasteiger partial charge in [-0.1, -0.05) is 12.1 Å². The number of fused-ring (bicyclic) bond motifs is 2. The van der Waals surface area contributed by atoms with E-state index in [4.69, 9.17) is 0 Å². The number of aromatic nitrogens is 1. The third-order valence-corrected chi connectivity index (χ3v) is 6.34. The van der Waals surface area contributed by atoms with Gasteiger partial charge in [0.15, 0.2) is 0 Å². The monoisotopic (exact) mass is 348 g/mol. The van der Waals surface area contributed by atoms with Gasteiger partial charge in [0.25, 0.3) is 0 Å². The molecule has 2 saturated heterocycles. The highest BCUT2D eigenvalue weighted by atomic mass is 19.1. The van der Waals surface area contributed by atoms with Crippen LogP contribution >= 0.6 is 0 Å². The summed E-state index contributed by atoms with van der Waals surface area (Å²) in [6.07, 6.45) is 7.32. The fraction of sp³-hybridized carbons (Fsp3) is 0.391. The summed E-state index contributed by atoms with van der Waals surface area (Å²) in [6, 6.07) is 14.5. The average molecular weight is 348 g/mol. The summed E-state index contributed by atoms with van der Waals surface area (Å²) in [5.74, 6) is 0.392. The van der Waals surface area contributed by atoms with Crippen LogP contribution in [0.15, 0.2) is 48.7 Å². The van der Waals surface area contributed by atoms with Crippen molar-refractivity contribution in [3.05, 3.63) is 65.6 Å². The lowest BCUT2D eigenvalue weighted by Gasteiger charge is -2.34. The topological polar surface area (TPSA) is 8.17 Å². The van der Waals surface area contributed by atoms with Crippen molar-refractivity contribution in [2.45, 2.75) is 44.6 Å². The van der Waals surface area contributed by atoms with E-state index in [1.165, 1.54) is 49.9 Å². The largest absolute Gasteiger partial charge is 0.316 e. The molecule has 2 atom stereocenters. The van der Waals surface area contributed by atoms with Gasteiger partial charge in [-0.15, -0.1) is 0 Å². The molecular weight excluding hydrogens is 323 g/mol. The first kappa shape index (κ1) is 16.1. The summed E-state index contributed by atoms with van der Waals surface area (Å²) in [4.78, 5) is 2.65. The van der Waals surface area contributed by atoms with Gasteiger partial charge < -0.3 is 9.47 Å². The molecule has 2 aromatic carbocycles. The first-order valence-electron chi connectivity index (χ1n) is 9.80. The van der Waals surface area contributed by atoms with Crippen molar-refractivity contribution < 1.29 is 4.39 Å². The third-order valence-electron chi connectivity index (χ3n) is 6.34. The van der Waals surface area contributed by atoms with Gasteiger partial charge in [-0.2, -0.15) is 0 Å². The minimum Gasteiger partial charge on any atom is -0.316 e. The molecule has 26 heavy (non-hydrogen) atoms. The Morgan fingerprint density at radius 3 is 2.85 bits per heavy atom. The second kappa shape index (κ2) is 6.24. The number of halogens is 1. The van der Waals surface area contributed by atoms with E-state index in [0.717, 1.165) is 22.6 Å². The second-order valence-electron chi connectivity index (χ2n) is 8.01. The van der Waals surface area contributed by atoms with Crippen molar-refractivity contribution >= 4 is 10.9 Å². The van der Waals surface area contributed by atoms with Gasteiger partial charge in [0.1, 0.15) is 5.82 Å². The van der Waals surface area contributed by atoms with Crippen LogP contribution in [0.1, 0.15) is 42.7 Å². The van der Waals surface area contributed by atoms with E-state index in [2.05, 4.69) is 46.9 Å². The Morgan fingerprint density at radius 2 is 1.96 bits per heavy atom. The Kier molecular flexibility index (Phi) is 3.86. The van der Waals surface area contributed by atoms with Crippen molar-refractivity contribution in [3.63, 3.8) is 0 Å². The lowest BCUT2D eigenvalue weighted by atomic mass is 9.85. The fourth-order valence-electron chi connectivity index (χ4n) is 5.05. The van der Waals surface area contributed by atoms with E-state index in [-0.39, 0.29) is 5.82 Å². The molecule has 2 aliphatic rings. The summed E-state index contributed by atoms with van der Waals surface area (Å²) in [5, 5.41) is 1.09. The molecule has 0 spiro atoms. The van der Waals surface area contributed by atoms with Gasteiger partial charge in [-0.3, -0.25) is 0 Å². The molecule has 2 unspecified atom stereocenters. The van der Waals surface area contributed by atoms with Crippen molar-refractivity contribution in [2.75, 3.05) is 13.1 Å². The fourth-order valence-corrected chi connectivity index (χ4v) is 5.05. The van der Waals surface area contributed by atoms with Crippen LogP contribution in [0.2, 0.25) is 0 Å². The third kappa shape index (κ3) is 2.66. The van der Waals surface area contributed by atoms with E-state index in [1.807, 2.05) is 6.07 Å². The highest BCUT2D eigenvalue weighted by molar-refractivity contribution is 5.86. The maximum Gasteiger partial charge on any atom is 0.123 e. The minimum atomic E-state index is -0.140. The zero-order valence-electron chi connectivity index (χ0n) is 15.3. The highest BCUT2D eigenvalue weighted by Gasteiger charge is 2.33. The van der Waals surface area contributed by atoms with Crippen molar-refractivity contribution in [1.82, 2.24) is 9.47 Å². The van der Waals surface area contributed by atoms with E-state index in [1.54, 1.807) is 12.1 Å². The summed E-state index contributed by atoms with van der Waals surface area (Å²) >= 11 is 0. The quantitative estimate of drug-likeness (QED) is 0.600. The van der Waals surface area contributed by atoms with Gasteiger partial charge in [0, 0.05) is 23.3 Å². The van der Waals surface area contributed by atoms with Crippen molar-refractivity contribution in [3.8, 4) is 5.69 Å². The molecule has 0 bridgehead atoms. The molecule has 2 fully saturated rings. The zero-order valence-corrected chi connectivity index (χ0v) is 15.3. The number of nitrogens with zero attached hydrogens (tertiary/aromatic N) is 2. The maximum absolute atomic E-state index is 14.1. The Bertz CT molecular complexity index is 958. The number of rotatable bonds is 2. The van der Waals surface area contributed by atoms with Gasteiger partial charge in [0.2, 0.25) is 0 Å². The van der Waals surface area contributed by atoms with Crippen molar-refractivity contribution in [2.24, 2.45) is 0 Å². The normalized spacial score (nSPS) is 23.5. The molecule has 3 heterocycles. The number of aryl methyl sites for hydroxylation is 1. The number of hydrogen-bond acceptors (Lipinski definition) is 1. The second-order valence-corrected chi connectivity index (χ2v) is 8.01. The molecule has 0 saturated carbocycles. The van der Waals surface area contributed by atoms with Crippen LogP contribution < -0.4 is 0 Å². The number of hydrogen-bond donors (Lipinski definition) is 0. The van der Waals surface area contributed by atoms with E-state index < -0.39 is 0 Å². The predicted molar refractivity (Wildman–Crippen MR) is 105 cm³/mol. The van der Waals surface area contributed by atoms with Gasteiger partial charge >= 0.3 is 0 Å². The molecule has 0 aliphatic carbocycles. The van der Waals surface area contributed by atoms with Gasteiger partial charge in [0.05, 0.1) is 5.52 Å². The molecular formula is C23H25FN2. The van der Waals surface area contributed by atoms with Crippen LogP contribution in [0.25, 0.3) is 16.6 Å². The van der Waals surface area contributed by atoms with E-state index >= 15 is 0 Å². The van der Waals surface area contributed by atoms with Gasteiger partial charge in [-0.05, 0) is 93.1 Å². The van der Waals surface area contributed by atoms with Crippen LogP contribution in [0.5, 0.6) is 0 Å². The summed E-state index contributed by atoms with van der Waals surface area (Å²) in [5.41, 5.74) is 4.84. The first-order valence-corrected chi connectivity index (χ1v) is 9.80. The zero-order chi connectivity index (χ0) is 17.7. The highest BCUT2D eigenvalue weighted by Crippen LogP contribution is 2.40. The van der Waals surface area contributed by atoms with Crippen LogP contribution in [0.3, 0.4) is 0 Å².